The molecule has 0 aliphatic carbocycles. The molecule has 0 spiro atoms. The first-order chi connectivity index (χ1) is 11.2. The Hall–Kier alpha value is -0.980. The van der Waals surface area contributed by atoms with Crippen LogP contribution in [0.4, 0.5) is 0 Å². The molecule has 0 aromatic carbocycles. The lowest BCUT2D eigenvalue weighted by Crippen LogP contribution is -1.57. The molecule has 0 saturated carbocycles. The Kier molecular flexibility index (Phi) is 3.29. The lowest BCUT2D eigenvalue weighted by atomic mass is 10.3. The van der Waals surface area contributed by atoms with Gasteiger partial charge in [0.2, 0.25) is 0 Å². The van der Waals surface area contributed by atoms with Crippen molar-refractivity contribution in [1.82, 2.24) is 0 Å². The van der Waals surface area contributed by atoms with Gasteiger partial charge in [0.1, 0.15) is 0 Å². The van der Waals surface area contributed by atoms with E-state index in [-0.39, 0.29) is 0 Å². The summed E-state index contributed by atoms with van der Waals surface area (Å²) >= 11 is 9.61. The summed E-state index contributed by atoms with van der Waals surface area (Å²) in [7, 11) is 0. The third kappa shape index (κ3) is 2.34. The molecule has 0 radical (unpaired) electrons. The SMILES string of the molecule is Cc1ccc(-c2cc3sc4cc(-c5ccc(C)s5)sc4c3s2)s1. The first-order valence-corrected chi connectivity index (χ1v) is 11.3. The van der Waals surface area contributed by atoms with Crippen LogP contribution in [0.15, 0.2) is 36.4 Å². The van der Waals surface area contributed by atoms with Crippen molar-refractivity contribution in [2.45, 2.75) is 13.8 Å². The standard InChI is InChI=1S/C18H12S5/c1-9-3-5-11(19-9)13-7-15-17(22-13)18-16(21-15)8-14(23-18)12-6-4-10(2)20-12/h3-8H,1-2H3. The summed E-state index contributed by atoms with van der Waals surface area (Å²) in [6, 6.07) is 13.7. The van der Waals surface area contributed by atoms with E-state index in [1.165, 1.54) is 48.1 Å². The average molecular weight is 389 g/mol. The third-order valence-corrected chi connectivity index (χ3v) is 9.96. The Morgan fingerprint density at radius 1 is 0.522 bits per heavy atom. The number of fused-ring (bicyclic) bond motifs is 3. The van der Waals surface area contributed by atoms with E-state index in [4.69, 9.17) is 0 Å². The topological polar surface area (TPSA) is 0 Å². The molecule has 5 rings (SSSR count). The predicted molar refractivity (Wildman–Crippen MR) is 111 cm³/mol. The summed E-state index contributed by atoms with van der Waals surface area (Å²) in [5.41, 5.74) is 0. The summed E-state index contributed by atoms with van der Waals surface area (Å²) in [5.74, 6) is 0. The maximum atomic E-state index is 2.37. The minimum Gasteiger partial charge on any atom is -0.140 e. The first-order valence-electron chi connectivity index (χ1n) is 7.27. The summed E-state index contributed by atoms with van der Waals surface area (Å²) in [6.07, 6.45) is 0. The van der Waals surface area contributed by atoms with Crippen LogP contribution in [0.25, 0.3) is 38.3 Å². The van der Waals surface area contributed by atoms with Gasteiger partial charge in [-0.25, -0.2) is 0 Å². The molecule has 5 heteroatoms. The van der Waals surface area contributed by atoms with Crippen LogP contribution < -0.4 is 0 Å². The number of hydrogen-bond donors (Lipinski definition) is 0. The van der Waals surface area contributed by atoms with Gasteiger partial charge in [-0.15, -0.1) is 56.7 Å². The van der Waals surface area contributed by atoms with Crippen molar-refractivity contribution >= 4 is 75.5 Å². The zero-order valence-corrected chi connectivity index (χ0v) is 16.6. The van der Waals surface area contributed by atoms with Crippen molar-refractivity contribution in [3.8, 4) is 19.5 Å². The Bertz CT molecular complexity index is 1050. The molecule has 0 N–H and O–H groups in total. The van der Waals surface area contributed by atoms with E-state index >= 15 is 0 Å². The van der Waals surface area contributed by atoms with Gasteiger partial charge in [-0.05, 0) is 50.2 Å². The molecule has 5 heterocycles. The monoisotopic (exact) mass is 388 g/mol. The fourth-order valence-electron chi connectivity index (χ4n) is 2.71. The Morgan fingerprint density at radius 2 is 1.00 bits per heavy atom. The molecular formula is C18H12S5. The fourth-order valence-corrected chi connectivity index (χ4v) is 8.63. The van der Waals surface area contributed by atoms with Crippen LogP contribution >= 0.6 is 56.7 Å². The normalized spacial score (nSPS) is 11.9. The van der Waals surface area contributed by atoms with Crippen molar-refractivity contribution in [3.05, 3.63) is 46.2 Å². The number of aryl methyl sites for hydroxylation is 2. The second-order valence-electron chi connectivity index (χ2n) is 5.53. The highest BCUT2D eigenvalue weighted by atomic mass is 32.1. The van der Waals surface area contributed by atoms with E-state index in [9.17, 15) is 0 Å². The second kappa shape index (κ2) is 5.26. The summed E-state index contributed by atoms with van der Waals surface area (Å²) in [5, 5.41) is 0. The molecule has 0 fully saturated rings. The van der Waals surface area contributed by atoms with Gasteiger partial charge in [0.15, 0.2) is 0 Å². The molecule has 0 unspecified atom stereocenters. The largest absolute Gasteiger partial charge is 0.140 e. The van der Waals surface area contributed by atoms with Crippen LogP contribution in [0, 0.1) is 13.8 Å². The van der Waals surface area contributed by atoms with Gasteiger partial charge in [0.25, 0.3) is 0 Å². The van der Waals surface area contributed by atoms with Gasteiger partial charge in [0.05, 0.1) is 9.40 Å². The van der Waals surface area contributed by atoms with E-state index in [1.807, 2.05) is 56.7 Å². The van der Waals surface area contributed by atoms with Gasteiger partial charge < -0.3 is 0 Å². The molecule has 0 aliphatic rings. The minimum atomic E-state index is 1.38. The van der Waals surface area contributed by atoms with E-state index in [2.05, 4.69) is 50.2 Å². The van der Waals surface area contributed by atoms with E-state index < -0.39 is 0 Å². The minimum absolute atomic E-state index is 1.38. The highest BCUT2D eigenvalue weighted by Crippen LogP contribution is 2.49. The number of hydrogen-bond acceptors (Lipinski definition) is 5. The lowest BCUT2D eigenvalue weighted by molar-refractivity contribution is 1.64. The predicted octanol–water partition coefficient (Wildman–Crippen LogP) is 8.25. The van der Waals surface area contributed by atoms with Crippen molar-refractivity contribution in [2.75, 3.05) is 0 Å². The highest BCUT2D eigenvalue weighted by molar-refractivity contribution is 7.41. The Morgan fingerprint density at radius 3 is 1.39 bits per heavy atom. The second-order valence-corrected chi connectivity index (χ2v) is 11.3. The summed E-state index contributed by atoms with van der Waals surface area (Å²) < 4.78 is 5.81. The van der Waals surface area contributed by atoms with Crippen molar-refractivity contribution in [2.24, 2.45) is 0 Å². The van der Waals surface area contributed by atoms with Crippen molar-refractivity contribution in [3.63, 3.8) is 0 Å². The van der Waals surface area contributed by atoms with Crippen molar-refractivity contribution < 1.29 is 0 Å². The van der Waals surface area contributed by atoms with Gasteiger partial charge in [-0.2, -0.15) is 0 Å². The molecule has 0 bridgehead atoms. The van der Waals surface area contributed by atoms with Gasteiger partial charge in [-0.3, -0.25) is 0 Å². The maximum Gasteiger partial charge on any atom is 0.0636 e. The van der Waals surface area contributed by atoms with Gasteiger partial charge in [0, 0.05) is 38.7 Å². The van der Waals surface area contributed by atoms with Crippen LogP contribution in [0.1, 0.15) is 9.75 Å². The first kappa shape index (κ1) is 14.4. The average Bonchev–Trinajstić information content (AvgIpc) is 3.24. The Labute approximate surface area is 154 Å². The third-order valence-electron chi connectivity index (χ3n) is 3.79. The fraction of sp³-hybridized carbons (Fsp3) is 0.111. The van der Waals surface area contributed by atoms with E-state index in [0.717, 1.165) is 0 Å². The number of thiophene rings is 5. The molecule has 0 amide bonds. The van der Waals surface area contributed by atoms with E-state index in [0.29, 0.717) is 0 Å². The van der Waals surface area contributed by atoms with Crippen LogP contribution in [0.5, 0.6) is 0 Å². The molecule has 114 valence electrons. The smallest absolute Gasteiger partial charge is 0.0636 e. The quantitative estimate of drug-likeness (QED) is 0.285. The zero-order valence-electron chi connectivity index (χ0n) is 12.5. The Balaban J connectivity index is 1.67. The molecule has 0 nitrogen and oxygen atoms in total. The zero-order chi connectivity index (χ0) is 15.6. The molecular weight excluding hydrogens is 377 g/mol. The van der Waals surface area contributed by atoms with Crippen LogP contribution in [-0.4, -0.2) is 0 Å². The van der Waals surface area contributed by atoms with Crippen LogP contribution in [0.3, 0.4) is 0 Å². The summed E-state index contributed by atoms with van der Waals surface area (Å²) in [6.45, 7) is 4.35. The van der Waals surface area contributed by atoms with E-state index in [1.54, 1.807) is 0 Å². The molecule has 0 aliphatic heterocycles. The van der Waals surface area contributed by atoms with Crippen LogP contribution in [-0.2, 0) is 0 Å². The van der Waals surface area contributed by atoms with Gasteiger partial charge in [-0.1, -0.05) is 0 Å². The number of rotatable bonds is 2. The van der Waals surface area contributed by atoms with Crippen molar-refractivity contribution in [1.29, 1.82) is 0 Å². The molecule has 0 saturated heterocycles. The van der Waals surface area contributed by atoms with Crippen LogP contribution in [0.2, 0.25) is 0 Å². The molecule has 5 aromatic rings. The molecule has 23 heavy (non-hydrogen) atoms. The molecule has 0 atom stereocenters. The summed E-state index contributed by atoms with van der Waals surface area (Å²) in [4.78, 5) is 8.38. The molecule has 5 aromatic heterocycles. The highest BCUT2D eigenvalue weighted by Gasteiger charge is 2.15. The van der Waals surface area contributed by atoms with Gasteiger partial charge >= 0.3 is 0 Å². The maximum absolute atomic E-state index is 2.37. The lowest BCUT2D eigenvalue weighted by Gasteiger charge is -1.88.